The first-order chi connectivity index (χ1) is 12.9. The SMILES string of the molecule is c1ccc(-c2ncn(-n3cnc4cncnc43)c2-c2ccccc2)cc1. The third kappa shape index (κ3) is 2.28. The first kappa shape index (κ1) is 14.5. The van der Waals surface area contributed by atoms with Gasteiger partial charge in [0.05, 0.1) is 17.6 Å². The minimum atomic E-state index is 0.731. The van der Waals surface area contributed by atoms with Crippen molar-refractivity contribution in [3.8, 4) is 22.5 Å². The van der Waals surface area contributed by atoms with Crippen molar-refractivity contribution >= 4 is 11.2 Å². The van der Waals surface area contributed by atoms with E-state index in [9.17, 15) is 0 Å². The smallest absolute Gasteiger partial charge is 0.182 e. The monoisotopic (exact) mass is 338 g/mol. The van der Waals surface area contributed by atoms with Crippen molar-refractivity contribution in [2.24, 2.45) is 0 Å². The molecule has 6 nitrogen and oxygen atoms in total. The number of hydrogen-bond donors (Lipinski definition) is 0. The van der Waals surface area contributed by atoms with Crippen LogP contribution in [0.3, 0.4) is 0 Å². The van der Waals surface area contributed by atoms with E-state index in [2.05, 4.69) is 39.2 Å². The third-order valence-corrected chi connectivity index (χ3v) is 4.27. The van der Waals surface area contributed by atoms with Gasteiger partial charge in [-0.15, -0.1) is 0 Å². The largest absolute Gasteiger partial charge is 0.242 e. The highest BCUT2D eigenvalue weighted by Crippen LogP contribution is 2.31. The van der Waals surface area contributed by atoms with Gasteiger partial charge in [0.25, 0.3) is 0 Å². The predicted octanol–water partition coefficient (Wildman–Crippen LogP) is 3.67. The third-order valence-electron chi connectivity index (χ3n) is 4.27. The Morgan fingerprint density at radius 3 is 2.12 bits per heavy atom. The van der Waals surface area contributed by atoms with E-state index in [4.69, 9.17) is 4.98 Å². The van der Waals surface area contributed by atoms with E-state index in [1.807, 2.05) is 45.8 Å². The molecule has 26 heavy (non-hydrogen) atoms. The molecular formula is C20H14N6. The molecule has 3 aromatic heterocycles. The molecule has 2 aromatic carbocycles. The number of benzene rings is 2. The Hall–Kier alpha value is -3.80. The van der Waals surface area contributed by atoms with Gasteiger partial charge in [0, 0.05) is 11.1 Å². The molecule has 0 bridgehead atoms. The minimum Gasteiger partial charge on any atom is -0.242 e. The fourth-order valence-corrected chi connectivity index (χ4v) is 3.09. The van der Waals surface area contributed by atoms with Crippen molar-refractivity contribution in [2.75, 3.05) is 0 Å². The summed E-state index contributed by atoms with van der Waals surface area (Å²) in [5.74, 6) is 0. The zero-order chi connectivity index (χ0) is 17.3. The topological polar surface area (TPSA) is 61.4 Å². The van der Waals surface area contributed by atoms with Crippen molar-refractivity contribution in [1.82, 2.24) is 29.3 Å². The molecule has 0 atom stereocenters. The summed E-state index contributed by atoms with van der Waals surface area (Å²) in [5, 5.41) is 0. The summed E-state index contributed by atoms with van der Waals surface area (Å²) in [7, 11) is 0. The maximum absolute atomic E-state index is 4.70. The van der Waals surface area contributed by atoms with Crippen LogP contribution >= 0.6 is 0 Å². The molecule has 0 unspecified atom stereocenters. The minimum absolute atomic E-state index is 0.731. The van der Waals surface area contributed by atoms with E-state index in [0.29, 0.717) is 0 Å². The average molecular weight is 338 g/mol. The van der Waals surface area contributed by atoms with Crippen molar-refractivity contribution in [3.05, 3.63) is 85.8 Å². The quantitative estimate of drug-likeness (QED) is 0.503. The second-order valence-electron chi connectivity index (χ2n) is 5.84. The van der Waals surface area contributed by atoms with Gasteiger partial charge >= 0.3 is 0 Å². The number of imidazole rings is 2. The van der Waals surface area contributed by atoms with E-state index in [1.54, 1.807) is 18.9 Å². The Bertz CT molecular complexity index is 1170. The van der Waals surface area contributed by atoms with Gasteiger partial charge in [0.2, 0.25) is 0 Å². The lowest BCUT2D eigenvalue weighted by molar-refractivity contribution is 0.679. The van der Waals surface area contributed by atoms with Crippen LogP contribution in [0.2, 0.25) is 0 Å². The Morgan fingerprint density at radius 2 is 1.35 bits per heavy atom. The van der Waals surface area contributed by atoms with Crippen LogP contribution in [0.5, 0.6) is 0 Å². The molecule has 0 radical (unpaired) electrons. The number of hydrogen-bond acceptors (Lipinski definition) is 4. The summed E-state index contributed by atoms with van der Waals surface area (Å²) in [4.78, 5) is 17.5. The summed E-state index contributed by atoms with van der Waals surface area (Å²) < 4.78 is 3.86. The van der Waals surface area contributed by atoms with Gasteiger partial charge in [0.1, 0.15) is 24.5 Å². The molecule has 3 heterocycles. The van der Waals surface area contributed by atoms with Crippen LogP contribution in [0.1, 0.15) is 0 Å². The van der Waals surface area contributed by atoms with Crippen molar-refractivity contribution in [2.45, 2.75) is 0 Å². The standard InChI is InChI=1S/C20H14N6/c1-3-7-15(8-4-1)18-19(16-9-5-2-6-10-16)25(14-24-18)26-13-23-17-11-21-12-22-20(17)26/h1-14H. The van der Waals surface area contributed by atoms with E-state index < -0.39 is 0 Å². The zero-order valence-electron chi connectivity index (χ0n) is 13.8. The Morgan fingerprint density at radius 1 is 0.654 bits per heavy atom. The molecule has 0 saturated carbocycles. The van der Waals surface area contributed by atoms with Crippen LogP contribution in [0.4, 0.5) is 0 Å². The molecule has 124 valence electrons. The molecule has 6 heteroatoms. The summed E-state index contributed by atoms with van der Waals surface area (Å²) in [5.41, 5.74) is 5.49. The van der Waals surface area contributed by atoms with Crippen LogP contribution in [0.15, 0.2) is 85.8 Å². The number of fused-ring (bicyclic) bond motifs is 1. The van der Waals surface area contributed by atoms with Crippen LogP contribution in [0.25, 0.3) is 33.7 Å². The lowest BCUT2D eigenvalue weighted by atomic mass is 10.1. The Kier molecular flexibility index (Phi) is 3.31. The van der Waals surface area contributed by atoms with Crippen molar-refractivity contribution < 1.29 is 0 Å². The van der Waals surface area contributed by atoms with Gasteiger partial charge in [-0.1, -0.05) is 60.7 Å². The van der Waals surface area contributed by atoms with Crippen LogP contribution in [-0.4, -0.2) is 29.3 Å². The summed E-state index contributed by atoms with van der Waals surface area (Å²) in [6.45, 7) is 0. The Balaban J connectivity index is 1.80. The highest BCUT2D eigenvalue weighted by atomic mass is 15.5. The van der Waals surface area contributed by atoms with E-state index in [-0.39, 0.29) is 0 Å². The highest BCUT2D eigenvalue weighted by molar-refractivity contribution is 5.79. The van der Waals surface area contributed by atoms with Gasteiger partial charge in [-0.2, -0.15) is 0 Å². The molecule has 0 fully saturated rings. The first-order valence-electron chi connectivity index (χ1n) is 8.24. The molecule has 0 amide bonds. The maximum Gasteiger partial charge on any atom is 0.182 e. The predicted molar refractivity (Wildman–Crippen MR) is 99.2 cm³/mol. The van der Waals surface area contributed by atoms with Crippen LogP contribution in [-0.2, 0) is 0 Å². The lowest BCUT2D eigenvalue weighted by Gasteiger charge is -2.11. The van der Waals surface area contributed by atoms with E-state index in [1.165, 1.54) is 6.33 Å². The summed E-state index contributed by atoms with van der Waals surface area (Å²) in [6, 6.07) is 20.4. The average Bonchev–Trinajstić information content (AvgIpc) is 3.33. The van der Waals surface area contributed by atoms with Crippen LogP contribution < -0.4 is 0 Å². The van der Waals surface area contributed by atoms with E-state index >= 15 is 0 Å². The first-order valence-corrected chi connectivity index (χ1v) is 8.24. The number of aromatic nitrogens is 6. The lowest BCUT2D eigenvalue weighted by Crippen LogP contribution is -2.09. The molecule has 0 saturated heterocycles. The second kappa shape index (κ2) is 5.93. The van der Waals surface area contributed by atoms with Gasteiger partial charge in [0.15, 0.2) is 5.65 Å². The van der Waals surface area contributed by atoms with Crippen molar-refractivity contribution in [1.29, 1.82) is 0 Å². The van der Waals surface area contributed by atoms with Gasteiger partial charge in [-0.25, -0.2) is 29.3 Å². The molecular weight excluding hydrogens is 324 g/mol. The fourth-order valence-electron chi connectivity index (χ4n) is 3.09. The summed E-state index contributed by atoms with van der Waals surface area (Å²) >= 11 is 0. The van der Waals surface area contributed by atoms with Crippen LogP contribution in [0, 0.1) is 0 Å². The second-order valence-corrected chi connectivity index (χ2v) is 5.84. The summed E-state index contributed by atoms with van der Waals surface area (Å²) in [6.07, 6.45) is 6.77. The molecule has 0 spiro atoms. The number of nitrogens with zero attached hydrogens (tertiary/aromatic N) is 6. The zero-order valence-corrected chi connectivity index (χ0v) is 13.8. The highest BCUT2D eigenvalue weighted by Gasteiger charge is 2.17. The van der Waals surface area contributed by atoms with Gasteiger partial charge < -0.3 is 0 Å². The Labute approximate surface area is 149 Å². The van der Waals surface area contributed by atoms with Crippen molar-refractivity contribution in [3.63, 3.8) is 0 Å². The number of rotatable bonds is 3. The molecule has 0 aliphatic rings. The molecule has 0 aliphatic heterocycles. The normalized spacial score (nSPS) is 11.1. The van der Waals surface area contributed by atoms with Gasteiger partial charge in [-0.3, -0.25) is 0 Å². The van der Waals surface area contributed by atoms with E-state index in [0.717, 1.165) is 33.7 Å². The molecule has 5 rings (SSSR count). The van der Waals surface area contributed by atoms with Gasteiger partial charge in [-0.05, 0) is 0 Å². The molecule has 5 aromatic rings. The molecule has 0 N–H and O–H groups in total. The fraction of sp³-hybridized carbons (Fsp3) is 0. The maximum atomic E-state index is 4.70. The molecule has 0 aliphatic carbocycles.